The van der Waals surface area contributed by atoms with Gasteiger partial charge in [-0.2, -0.15) is 0 Å². The number of pyridine rings is 2. The van der Waals surface area contributed by atoms with Gasteiger partial charge in [-0.15, -0.1) is 0 Å². The molecule has 0 spiro atoms. The van der Waals surface area contributed by atoms with Crippen LogP contribution in [0.15, 0.2) is 41.1 Å². The van der Waals surface area contributed by atoms with Gasteiger partial charge in [-0.3, -0.25) is 14.8 Å². The summed E-state index contributed by atoms with van der Waals surface area (Å²) in [5.74, 6) is -0.0904. The molecule has 1 unspecified atom stereocenters. The van der Waals surface area contributed by atoms with Crippen LogP contribution in [0.4, 0.5) is 0 Å². The highest BCUT2D eigenvalue weighted by Gasteiger charge is 2.31. The second-order valence-corrected chi connectivity index (χ2v) is 5.19. The summed E-state index contributed by atoms with van der Waals surface area (Å²) in [6, 6.07) is 7.61. The van der Waals surface area contributed by atoms with Gasteiger partial charge in [0.2, 0.25) is 0 Å². The van der Waals surface area contributed by atoms with Crippen molar-refractivity contribution in [1.29, 1.82) is 0 Å². The minimum absolute atomic E-state index is 0.0555. The third kappa shape index (κ3) is 1.86. The smallest absolute Gasteiger partial charge is 0.191 e. The number of carbonyl (C=O) groups is 1. The minimum Gasteiger partial charge on any atom is -0.292 e. The average molecular weight is 303 g/mol. The van der Waals surface area contributed by atoms with Gasteiger partial charge in [0.1, 0.15) is 5.69 Å². The van der Waals surface area contributed by atoms with E-state index in [2.05, 4.69) is 25.9 Å². The Morgan fingerprint density at radius 3 is 2.83 bits per heavy atom. The van der Waals surface area contributed by atoms with Crippen LogP contribution in [0.5, 0.6) is 0 Å². The van der Waals surface area contributed by atoms with Crippen LogP contribution < -0.4 is 0 Å². The van der Waals surface area contributed by atoms with Gasteiger partial charge in [0.25, 0.3) is 0 Å². The fourth-order valence-electron chi connectivity index (χ4n) is 2.40. The molecule has 0 N–H and O–H groups in total. The zero-order valence-electron chi connectivity index (χ0n) is 9.64. The number of hydrogen-bond acceptors (Lipinski definition) is 3. The molecule has 4 heteroatoms. The average Bonchev–Trinajstić information content (AvgIpc) is 2.82. The van der Waals surface area contributed by atoms with E-state index in [1.54, 1.807) is 12.4 Å². The SMILES string of the molecule is O=C(c1ncccc1Br)C1CCc2cccnc21. The van der Waals surface area contributed by atoms with Gasteiger partial charge >= 0.3 is 0 Å². The molecule has 0 saturated heterocycles. The zero-order chi connectivity index (χ0) is 12.5. The van der Waals surface area contributed by atoms with Crippen molar-refractivity contribution in [1.82, 2.24) is 9.97 Å². The highest BCUT2D eigenvalue weighted by molar-refractivity contribution is 9.10. The first-order valence-corrected chi connectivity index (χ1v) is 6.65. The van der Waals surface area contributed by atoms with Crippen molar-refractivity contribution in [3.05, 3.63) is 58.1 Å². The van der Waals surface area contributed by atoms with Crippen LogP contribution >= 0.6 is 15.9 Å². The Hall–Kier alpha value is -1.55. The topological polar surface area (TPSA) is 42.9 Å². The molecule has 1 aliphatic carbocycles. The first kappa shape index (κ1) is 11.5. The molecule has 18 heavy (non-hydrogen) atoms. The second-order valence-electron chi connectivity index (χ2n) is 4.34. The summed E-state index contributed by atoms with van der Waals surface area (Å²) in [7, 11) is 0. The molecule has 0 fully saturated rings. The highest BCUT2D eigenvalue weighted by atomic mass is 79.9. The van der Waals surface area contributed by atoms with Gasteiger partial charge in [-0.1, -0.05) is 6.07 Å². The van der Waals surface area contributed by atoms with Crippen LogP contribution in [0, 0.1) is 0 Å². The van der Waals surface area contributed by atoms with Crippen molar-refractivity contribution in [3.63, 3.8) is 0 Å². The largest absolute Gasteiger partial charge is 0.292 e. The Kier molecular flexibility index (Phi) is 2.96. The van der Waals surface area contributed by atoms with Crippen molar-refractivity contribution < 1.29 is 4.79 Å². The zero-order valence-corrected chi connectivity index (χ0v) is 11.2. The van der Waals surface area contributed by atoms with Crippen molar-refractivity contribution in [2.75, 3.05) is 0 Å². The molecule has 0 radical (unpaired) electrons. The number of nitrogens with zero attached hydrogens (tertiary/aromatic N) is 2. The van der Waals surface area contributed by atoms with Crippen molar-refractivity contribution in [2.24, 2.45) is 0 Å². The molecular formula is C14H11BrN2O. The van der Waals surface area contributed by atoms with Crippen molar-refractivity contribution in [2.45, 2.75) is 18.8 Å². The molecule has 2 aromatic rings. The number of halogens is 1. The Labute approximate surface area is 113 Å². The maximum absolute atomic E-state index is 12.5. The van der Waals surface area contributed by atoms with Crippen molar-refractivity contribution in [3.8, 4) is 0 Å². The number of rotatable bonds is 2. The van der Waals surface area contributed by atoms with Crippen LogP contribution in [0.1, 0.15) is 34.1 Å². The monoisotopic (exact) mass is 302 g/mol. The summed E-state index contributed by atoms with van der Waals surface area (Å²) in [5.41, 5.74) is 2.60. The summed E-state index contributed by atoms with van der Waals surface area (Å²) in [6.07, 6.45) is 5.14. The quantitative estimate of drug-likeness (QED) is 0.800. The summed E-state index contributed by atoms with van der Waals surface area (Å²) < 4.78 is 0.749. The molecule has 1 aliphatic rings. The lowest BCUT2D eigenvalue weighted by Gasteiger charge is -2.09. The van der Waals surface area contributed by atoms with E-state index in [1.165, 1.54) is 5.56 Å². The molecule has 2 aromatic heterocycles. The predicted octanol–water partition coefficient (Wildman–Crippen LogP) is 3.15. The van der Waals surface area contributed by atoms with Gasteiger partial charge < -0.3 is 0 Å². The summed E-state index contributed by atoms with van der Waals surface area (Å²) in [5, 5.41) is 0. The first-order valence-electron chi connectivity index (χ1n) is 5.86. The molecule has 90 valence electrons. The summed E-state index contributed by atoms with van der Waals surface area (Å²) in [6.45, 7) is 0. The van der Waals surface area contributed by atoms with E-state index in [1.807, 2.05) is 24.3 Å². The number of carbonyl (C=O) groups excluding carboxylic acids is 1. The lowest BCUT2D eigenvalue weighted by Crippen LogP contribution is -2.13. The van der Waals surface area contributed by atoms with E-state index in [-0.39, 0.29) is 11.7 Å². The first-order chi connectivity index (χ1) is 8.77. The molecule has 2 heterocycles. The normalized spacial score (nSPS) is 17.5. The van der Waals surface area contributed by atoms with E-state index in [0.717, 1.165) is 23.0 Å². The number of Topliss-reactive ketones (excluding diaryl/α,β-unsaturated/α-hetero) is 1. The van der Waals surface area contributed by atoms with E-state index >= 15 is 0 Å². The van der Waals surface area contributed by atoms with E-state index in [9.17, 15) is 4.79 Å². The second kappa shape index (κ2) is 4.61. The van der Waals surface area contributed by atoms with Crippen LogP contribution in [0.25, 0.3) is 0 Å². The Morgan fingerprint density at radius 1 is 1.22 bits per heavy atom. The number of hydrogen-bond donors (Lipinski definition) is 0. The Morgan fingerprint density at radius 2 is 2.00 bits per heavy atom. The maximum Gasteiger partial charge on any atom is 0.191 e. The number of aromatic nitrogens is 2. The molecule has 1 atom stereocenters. The third-order valence-electron chi connectivity index (χ3n) is 3.27. The molecule has 0 aliphatic heterocycles. The standard InChI is InChI=1S/C14H11BrN2O/c15-11-4-2-8-17-13(11)14(18)10-6-5-9-3-1-7-16-12(9)10/h1-4,7-8,10H,5-6H2. The van der Waals surface area contributed by atoms with Gasteiger partial charge in [-0.05, 0) is 52.5 Å². The number of aryl methyl sites for hydroxylation is 1. The molecule has 3 rings (SSSR count). The van der Waals surface area contributed by atoms with Crippen LogP contribution in [0.3, 0.4) is 0 Å². The molecular weight excluding hydrogens is 292 g/mol. The lowest BCUT2D eigenvalue weighted by atomic mass is 9.98. The Balaban J connectivity index is 1.99. The number of fused-ring (bicyclic) bond motifs is 1. The van der Waals surface area contributed by atoms with Gasteiger partial charge in [-0.25, -0.2) is 0 Å². The van der Waals surface area contributed by atoms with Gasteiger partial charge in [0.15, 0.2) is 5.78 Å². The van der Waals surface area contributed by atoms with E-state index in [4.69, 9.17) is 0 Å². The molecule has 0 bridgehead atoms. The van der Waals surface area contributed by atoms with Crippen LogP contribution in [-0.2, 0) is 6.42 Å². The maximum atomic E-state index is 12.5. The molecule has 3 nitrogen and oxygen atoms in total. The minimum atomic E-state index is -0.146. The lowest BCUT2D eigenvalue weighted by molar-refractivity contribution is 0.0952. The summed E-state index contributed by atoms with van der Waals surface area (Å²) in [4.78, 5) is 21.0. The Bertz CT molecular complexity index is 612. The van der Waals surface area contributed by atoms with Crippen molar-refractivity contribution >= 4 is 21.7 Å². The molecule has 0 aromatic carbocycles. The van der Waals surface area contributed by atoms with Gasteiger partial charge in [0.05, 0.1) is 11.6 Å². The predicted molar refractivity (Wildman–Crippen MR) is 71.6 cm³/mol. The fourth-order valence-corrected chi connectivity index (χ4v) is 2.85. The summed E-state index contributed by atoms with van der Waals surface area (Å²) >= 11 is 3.38. The van der Waals surface area contributed by atoms with E-state index in [0.29, 0.717) is 5.69 Å². The van der Waals surface area contributed by atoms with Gasteiger partial charge in [0, 0.05) is 16.9 Å². The highest BCUT2D eigenvalue weighted by Crippen LogP contribution is 2.34. The molecule has 0 saturated carbocycles. The van der Waals surface area contributed by atoms with Crippen LogP contribution in [-0.4, -0.2) is 15.8 Å². The fraction of sp³-hybridized carbons (Fsp3) is 0.214. The molecule has 0 amide bonds. The van der Waals surface area contributed by atoms with Crippen LogP contribution in [0.2, 0.25) is 0 Å². The third-order valence-corrected chi connectivity index (χ3v) is 3.91. The number of ketones is 1. The van der Waals surface area contributed by atoms with E-state index < -0.39 is 0 Å².